The van der Waals surface area contributed by atoms with E-state index in [1.165, 1.54) is 22.7 Å². The van der Waals surface area contributed by atoms with Crippen LogP contribution in [0.2, 0.25) is 0 Å². The van der Waals surface area contributed by atoms with Crippen molar-refractivity contribution in [1.82, 2.24) is 9.97 Å². The average Bonchev–Trinajstić information content (AvgIpc) is 3.50. The third-order valence-electron chi connectivity index (χ3n) is 2.03. The molecule has 2 aromatic heterocycles. The molecule has 0 fully saturated rings. The van der Waals surface area contributed by atoms with Crippen LogP contribution in [-0.2, 0) is 103 Å². The molecule has 0 aromatic carbocycles. The number of guanidine groups is 3. The first-order valence-electron chi connectivity index (χ1n) is 12.4. The van der Waals surface area contributed by atoms with Crippen molar-refractivity contribution in [3.8, 4) is 0 Å². The summed E-state index contributed by atoms with van der Waals surface area (Å²) in [5.74, 6) is 0.0352. The third-order valence-corrected chi connectivity index (χ3v) is 3.65. The van der Waals surface area contributed by atoms with Gasteiger partial charge in [-0.25, -0.2) is 22.7 Å². The second kappa shape index (κ2) is 27.0. The van der Waals surface area contributed by atoms with Gasteiger partial charge in [-0.15, -0.1) is 18.3 Å². The molecule has 199 valence electrons. The van der Waals surface area contributed by atoms with Crippen LogP contribution in [0, 0.1) is 32.2 Å². The molecule has 0 aliphatic rings. The Labute approximate surface area is 309 Å². The summed E-state index contributed by atoms with van der Waals surface area (Å²) in [6.45, 7) is 7.38. The van der Waals surface area contributed by atoms with Gasteiger partial charge in [-0.05, 0) is 26.1 Å². The van der Waals surface area contributed by atoms with Crippen molar-refractivity contribution in [2.24, 2.45) is 61.0 Å². The number of aryl methyl sites for hydroxylation is 2. The fourth-order valence-electron chi connectivity index (χ4n) is 1.06. The molecule has 0 aliphatic heterocycles. The Morgan fingerprint density at radius 1 is 0.886 bits per heavy atom. The molecule has 2 heterocycles. The number of hydrogen-bond donors (Lipinski definition) is 7. The fraction of sp³-hybridized carbons (Fsp3) is 0.312. The van der Waals surface area contributed by atoms with Gasteiger partial charge in [0.1, 0.15) is 0 Å². The van der Waals surface area contributed by atoms with Gasteiger partial charge in [-0.2, -0.15) is 4.99 Å². The van der Waals surface area contributed by atoms with Gasteiger partial charge in [0.15, 0.2) is 23.0 Å². The minimum Gasteiger partial charge on any atom is -0.542 e. The predicted octanol–water partition coefficient (Wildman–Crippen LogP) is 1.04. The van der Waals surface area contributed by atoms with Crippen molar-refractivity contribution in [2.75, 3.05) is 0 Å². The van der Waals surface area contributed by atoms with Crippen LogP contribution < -0.4 is 40.1 Å². The average molecular weight is 789 g/mol. The van der Waals surface area contributed by atoms with E-state index in [-0.39, 0.29) is 130 Å². The van der Waals surface area contributed by atoms with Gasteiger partial charge in [-0.3, -0.25) is 16.3 Å². The molecule has 2 rings (SSSR count). The van der Waals surface area contributed by atoms with Crippen LogP contribution in [0.3, 0.4) is 0 Å². The Morgan fingerprint density at radius 3 is 1.31 bits per heavy atom. The van der Waals surface area contributed by atoms with Crippen LogP contribution in [0.4, 0.5) is 10.3 Å². The molecule has 0 amide bonds. The summed E-state index contributed by atoms with van der Waals surface area (Å²) in [4.78, 5) is 29.6. The molecule has 19 heteroatoms. The van der Waals surface area contributed by atoms with E-state index in [2.05, 4.69) is 49.6 Å². The van der Waals surface area contributed by atoms with Crippen molar-refractivity contribution in [1.29, 1.82) is 0 Å². The third kappa shape index (κ3) is 33.9. The van der Waals surface area contributed by atoms with Crippen LogP contribution >= 0.6 is 34.9 Å². The number of nitrogens with two attached hydrogens (primary N) is 7. The second-order valence-corrected chi connectivity index (χ2v) is 8.33. The standard InChI is InChI=1S/2C5H7N4S.C4H7O.C2H6N4S.3Y.6H2/c2*1-3-2-8-5(10-3)9-4(6)7;1-4(2)3-5;3-1(4)6-2(5)7;;;;;;;;;/h2*1H3,(H4,6,7,8,9);4H,1-2H3;(H6,3,4,5,6,7);;;;6*1H/q3*-1;;;;;;;;;;/i;;;;;;;4*1+1D;2*1+1. The normalized spacial score (nSPS) is 8.94. The largest absolute Gasteiger partial charge is 0.542 e. The van der Waals surface area contributed by atoms with Crippen LogP contribution in [0.1, 0.15) is 38.3 Å². The van der Waals surface area contributed by atoms with E-state index in [9.17, 15) is 4.79 Å². The quantitative estimate of drug-likeness (QED) is 0.100. The number of thiocarbonyl (C=S) groups is 1. The smallest absolute Gasteiger partial charge is 0.193 e. The van der Waals surface area contributed by atoms with E-state index in [1.54, 1.807) is 20.1 Å². The van der Waals surface area contributed by atoms with E-state index in [4.69, 9.17) is 52.0 Å². The van der Waals surface area contributed by atoms with Crippen molar-refractivity contribution < 1.29 is 118 Å². The zero-order chi connectivity index (χ0) is 33.3. The van der Waals surface area contributed by atoms with E-state index < -0.39 is 0 Å². The first kappa shape index (κ1) is 34.9. The van der Waals surface area contributed by atoms with Crippen LogP contribution in [0.15, 0.2) is 15.0 Å². The maximum absolute atomic E-state index is 9.38. The molecule has 35 heavy (non-hydrogen) atoms. The summed E-state index contributed by atoms with van der Waals surface area (Å²) in [6.07, 6.45) is 7.23. The topological polar surface area (TPSA) is 262 Å². The molecule has 0 bridgehead atoms. The number of aliphatic imine (C=N–C) groups is 3. The molecule has 13 nitrogen and oxygen atoms in total. The Hall–Kier alpha value is -0.0583. The predicted molar refractivity (Wildman–Crippen MR) is 148 cm³/mol. The molecule has 0 unspecified atom stereocenters. The zero-order valence-corrected chi connectivity index (χ0v) is 30.7. The molecule has 0 aliphatic carbocycles. The molecular weight excluding hydrogens is 739 g/mol. The Balaban J connectivity index is -0.0000000348. The number of aromatic nitrogens is 2. The minimum absolute atomic E-state index is 0. The van der Waals surface area contributed by atoms with Gasteiger partial charge in [0.05, 0.1) is 10.3 Å². The molecule has 2 aromatic rings. The first-order valence-corrected chi connectivity index (χ1v) is 10.5. The molecule has 0 saturated carbocycles. The Morgan fingerprint density at radius 2 is 1.20 bits per heavy atom. The van der Waals surface area contributed by atoms with Crippen molar-refractivity contribution >= 4 is 74.4 Å². The van der Waals surface area contributed by atoms with Crippen LogP contribution in [0.25, 0.3) is 0 Å². The molecular formula is C16H39N12OS3Y3-3. The summed E-state index contributed by atoms with van der Waals surface area (Å²) < 4.78 is 40.0. The van der Waals surface area contributed by atoms with Gasteiger partial charge in [-0.1, -0.05) is 23.6 Å². The van der Waals surface area contributed by atoms with Crippen LogP contribution in [-0.4, -0.2) is 39.2 Å². The SMILES string of the molecule is CC(C)[C-]=O.Cc1[c-]nc(N=C(N)N)s1.Cc1[c-]nc(N=C(N)N)s1.NC(=S)N=C(N)N.[2HH].[2HH].[2H][2H].[2H][2H].[2H][2H].[2H][2H].[Y].[Y].[Y]. The second-order valence-electron chi connectivity index (χ2n) is 5.55. The summed E-state index contributed by atoms with van der Waals surface area (Å²) in [7, 11) is 0. The monoisotopic (exact) mass is 788 g/mol. The summed E-state index contributed by atoms with van der Waals surface area (Å²) in [5, 5.41) is 1.06. The number of thiazole rings is 2. The maximum Gasteiger partial charge on any atom is 0.193 e. The summed E-state index contributed by atoms with van der Waals surface area (Å²) in [5.41, 5.74) is 35.0. The summed E-state index contributed by atoms with van der Waals surface area (Å²) in [6, 6.07) is 0. The number of rotatable bonds is 3. The van der Waals surface area contributed by atoms with Crippen LogP contribution in [0.5, 0.6) is 0 Å². The van der Waals surface area contributed by atoms with Gasteiger partial charge in [0.2, 0.25) is 0 Å². The molecule has 0 spiro atoms. The van der Waals surface area contributed by atoms with E-state index >= 15 is 0 Å². The van der Waals surface area contributed by atoms with Crippen molar-refractivity contribution in [2.45, 2.75) is 27.7 Å². The van der Waals surface area contributed by atoms with E-state index in [0.29, 0.717) is 10.3 Å². The fourth-order valence-corrected chi connectivity index (χ4v) is 2.38. The van der Waals surface area contributed by atoms with Gasteiger partial charge in [0, 0.05) is 113 Å². The van der Waals surface area contributed by atoms with Gasteiger partial charge < -0.3 is 54.9 Å². The molecule has 3 radical (unpaired) electrons. The summed E-state index contributed by atoms with van der Waals surface area (Å²) >= 11 is 7.11. The van der Waals surface area contributed by atoms with E-state index in [0.717, 1.165) is 9.75 Å². The van der Waals surface area contributed by atoms with Crippen molar-refractivity contribution in [3.05, 3.63) is 22.1 Å². The number of nitrogens with zero attached hydrogens (tertiary/aromatic N) is 5. The number of hydrogen-bond acceptors (Lipinski definition) is 8. The Kier molecular flexibility index (Phi) is 26.9. The maximum atomic E-state index is 9.38. The Bertz CT molecular complexity index is 900. The van der Waals surface area contributed by atoms with Crippen molar-refractivity contribution in [3.63, 3.8) is 0 Å². The van der Waals surface area contributed by atoms with Gasteiger partial charge >= 0.3 is 0 Å². The van der Waals surface area contributed by atoms with Gasteiger partial charge in [0.25, 0.3) is 0 Å². The first-order chi connectivity index (χ1) is 18.8. The van der Waals surface area contributed by atoms with E-state index in [1.807, 2.05) is 13.8 Å². The number of carbonyl (C=O) groups excluding carboxylic acids is 1. The molecule has 0 saturated heterocycles. The minimum atomic E-state index is -0.104. The zero-order valence-electron chi connectivity index (χ0n) is 27.7. The molecule has 14 N–H and O–H groups in total. The molecule has 0 atom stereocenters.